The van der Waals surface area contributed by atoms with Crippen LogP contribution in [0.3, 0.4) is 0 Å². The van der Waals surface area contributed by atoms with Gasteiger partial charge in [0.25, 0.3) is 0 Å². The van der Waals surface area contributed by atoms with Crippen LogP contribution in [-0.2, 0) is 16.2 Å². The first kappa shape index (κ1) is 21.2. The molecule has 0 spiro atoms. The molecule has 5 nitrogen and oxygen atoms in total. The molecular weight excluding hydrogens is 388 g/mol. The van der Waals surface area contributed by atoms with Gasteiger partial charge in [-0.25, -0.2) is 0 Å². The maximum atomic E-state index is 12.9. The van der Waals surface area contributed by atoms with E-state index in [1.54, 1.807) is 7.11 Å². The zero-order chi connectivity index (χ0) is 20.8. The fourth-order valence-corrected chi connectivity index (χ4v) is 3.49. The van der Waals surface area contributed by atoms with Gasteiger partial charge in [0.2, 0.25) is 5.91 Å². The van der Waals surface area contributed by atoms with Crippen molar-refractivity contribution in [3.8, 4) is 5.75 Å². The average molecular weight is 415 g/mol. The molecule has 1 aliphatic heterocycles. The summed E-state index contributed by atoms with van der Waals surface area (Å²) in [5.41, 5.74) is 2.81. The smallest absolute Gasteiger partial charge is 0.223 e. The minimum absolute atomic E-state index is 0.0985. The number of ether oxygens (including phenoxy) is 1. The van der Waals surface area contributed by atoms with Crippen LogP contribution in [0.4, 0.5) is 0 Å². The number of benzene rings is 2. The molecular formula is C23H27ClN2O3. The number of oxime groups is 1. The van der Waals surface area contributed by atoms with Gasteiger partial charge in [-0.05, 0) is 47.4 Å². The summed E-state index contributed by atoms with van der Waals surface area (Å²) in [6, 6.07) is 15.4. The molecule has 0 saturated carbocycles. The van der Waals surface area contributed by atoms with Crippen molar-refractivity contribution in [1.29, 1.82) is 0 Å². The lowest BCUT2D eigenvalue weighted by Crippen LogP contribution is -2.37. The molecule has 1 aliphatic rings. The van der Waals surface area contributed by atoms with Crippen molar-refractivity contribution in [2.24, 2.45) is 11.1 Å². The molecule has 6 heteroatoms. The first-order valence-electron chi connectivity index (χ1n) is 9.84. The Labute approximate surface area is 177 Å². The second-order valence-electron chi connectivity index (χ2n) is 7.66. The van der Waals surface area contributed by atoms with Crippen LogP contribution in [-0.4, -0.2) is 36.3 Å². The molecule has 3 rings (SSSR count). The van der Waals surface area contributed by atoms with Crippen LogP contribution in [0.1, 0.15) is 37.8 Å². The van der Waals surface area contributed by atoms with Gasteiger partial charge in [-0.15, -0.1) is 0 Å². The maximum absolute atomic E-state index is 12.9. The van der Waals surface area contributed by atoms with Gasteiger partial charge in [-0.3, -0.25) is 4.79 Å². The van der Waals surface area contributed by atoms with Gasteiger partial charge in [0.15, 0.2) is 6.10 Å². The van der Waals surface area contributed by atoms with Gasteiger partial charge in [0.1, 0.15) is 5.75 Å². The molecule has 0 fully saturated rings. The standard InChI is InChI=1S/C23H27ClN2O3/c1-16(2)12-23(27)26(14-18-6-4-5-7-21(18)24)15-20-13-22(25-29-20)17-8-10-19(28-3)11-9-17/h4-11,16,20H,12-15H2,1-3H3/t20-/m1/s1. The lowest BCUT2D eigenvalue weighted by atomic mass is 10.0. The lowest BCUT2D eigenvalue weighted by molar-refractivity contribution is -0.134. The van der Waals surface area contributed by atoms with E-state index < -0.39 is 0 Å². The number of carbonyl (C=O) groups is 1. The third kappa shape index (κ3) is 5.73. The summed E-state index contributed by atoms with van der Waals surface area (Å²) in [7, 11) is 1.64. The second kappa shape index (κ2) is 9.79. The molecule has 2 aromatic rings. The molecule has 0 N–H and O–H groups in total. The molecule has 0 aliphatic carbocycles. The van der Waals surface area contributed by atoms with E-state index >= 15 is 0 Å². The van der Waals surface area contributed by atoms with Gasteiger partial charge in [0, 0.05) is 24.4 Å². The van der Waals surface area contributed by atoms with E-state index in [0.717, 1.165) is 22.6 Å². The van der Waals surface area contributed by atoms with E-state index in [9.17, 15) is 4.79 Å². The van der Waals surface area contributed by atoms with E-state index in [0.29, 0.717) is 31.0 Å². The van der Waals surface area contributed by atoms with Gasteiger partial charge in [-0.1, -0.05) is 48.8 Å². The van der Waals surface area contributed by atoms with E-state index in [1.165, 1.54) is 0 Å². The summed E-state index contributed by atoms with van der Waals surface area (Å²) >= 11 is 6.32. The summed E-state index contributed by atoms with van der Waals surface area (Å²) in [5, 5.41) is 4.92. The van der Waals surface area contributed by atoms with Crippen molar-refractivity contribution < 1.29 is 14.4 Å². The van der Waals surface area contributed by atoms with Crippen molar-refractivity contribution >= 4 is 23.2 Å². The fraction of sp³-hybridized carbons (Fsp3) is 0.391. The number of halogens is 1. The monoisotopic (exact) mass is 414 g/mol. The molecule has 154 valence electrons. The molecule has 0 bridgehead atoms. The molecule has 0 aromatic heterocycles. The third-order valence-corrected chi connectivity index (χ3v) is 5.20. The zero-order valence-electron chi connectivity index (χ0n) is 17.1. The Kier molecular flexibility index (Phi) is 7.15. The molecule has 29 heavy (non-hydrogen) atoms. The van der Waals surface area contributed by atoms with Gasteiger partial charge in [0.05, 0.1) is 19.4 Å². The first-order chi connectivity index (χ1) is 14.0. The number of methoxy groups -OCH3 is 1. The Morgan fingerprint density at radius 3 is 2.62 bits per heavy atom. The van der Waals surface area contributed by atoms with Crippen LogP contribution in [0.25, 0.3) is 0 Å². The SMILES string of the molecule is COc1ccc(C2=NO[C@@H](CN(Cc3ccccc3Cl)C(=O)CC(C)C)C2)cc1. The zero-order valence-corrected chi connectivity index (χ0v) is 17.9. The Morgan fingerprint density at radius 2 is 1.97 bits per heavy atom. The van der Waals surface area contributed by atoms with Gasteiger partial charge in [-0.2, -0.15) is 0 Å². The Balaban J connectivity index is 1.67. The summed E-state index contributed by atoms with van der Waals surface area (Å²) in [6.07, 6.45) is 0.967. The van der Waals surface area contributed by atoms with Crippen LogP contribution < -0.4 is 4.74 Å². The Bertz CT molecular complexity index is 865. The summed E-state index contributed by atoms with van der Waals surface area (Å²) in [4.78, 5) is 20.3. The van der Waals surface area contributed by atoms with E-state index in [2.05, 4.69) is 5.16 Å². The molecule has 2 aromatic carbocycles. The van der Waals surface area contributed by atoms with E-state index in [4.69, 9.17) is 21.2 Å². The molecule has 1 amide bonds. The number of hydrogen-bond acceptors (Lipinski definition) is 4. The van der Waals surface area contributed by atoms with Crippen molar-refractivity contribution in [3.63, 3.8) is 0 Å². The summed E-state index contributed by atoms with van der Waals surface area (Å²) < 4.78 is 5.20. The normalized spacial score (nSPS) is 15.8. The van der Waals surface area contributed by atoms with Crippen LogP contribution in [0.5, 0.6) is 5.75 Å². The molecule has 0 saturated heterocycles. The largest absolute Gasteiger partial charge is 0.497 e. The predicted molar refractivity (Wildman–Crippen MR) is 115 cm³/mol. The minimum atomic E-state index is -0.175. The van der Waals surface area contributed by atoms with Crippen molar-refractivity contribution in [2.45, 2.75) is 39.3 Å². The highest BCUT2D eigenvalue weighted by Crippen LogP contribution is 2.23. The second-order valence-corrected chi connectivity index (χ2v) is 8.07. The number of rotatable bonds is 8. The van der Waals surface area contributed by atoms with E-state index in [1.807, 2.05) is 67.3 Å². The van der Waals surface area contributed by atoms with Crippen LogP contribution in [0.15, 0.2) is 53.7 Å². The highest BCUT2D eigenvalue weighted by molar-refractivity contribution is 6.31. The molecule has 0 unspecified atom stereocenters. The minimum Gasteiger partial charge on any atom is -0.497 e. The first-order valence-corrected chi connectivity index (χ1v) is 10.2. The predicted octanol–water partition coefficient (Wildman–Crippen LogP) is 4.92. The fourth-order valence-electron chi connectivity index (χ4n) is 3.29. The van der Waals surface area contributed by atoms with Crippen LogP contribution >= 0.6 is 11.6 Å². The number of carbonyl (C=O) groups excluding carboxylic acids is 1. The summed E-state index contributed by atoms with van der Waals surface area (Å²) in [6.45, 7) is 5.02. The Hall–Kier alpha value is -2.53. The Morgan fingerprint density at radius 1 is 1.24 bits per heavy atom. The molecule has 0 radical (unpaired) electrons. The number of amides is 1. The van der Waals surface area contributed by atoms with E-state index in [-0.39, 0.29) is 17.9 Å². The molecule has 1 heterocycles. The number of hydrogen-bond donors (Lipinski definition) is 0. The van der Waals surface area contributed by atoms with Crippen molar-refractivity contribution in [1.82, 2.24) is 4.90 Å². The van der Waals surface area contributed by atoms with Crippen molar-refractivity contribution in [2.75, 3.05) is 13.7 Å². The molecule has 1 atom stereocenters. The quantitative estimate of drug-likeness (QED) is 0.616. The van der Waals surface area contributed by atoms with Crippen LogP contribution in [0, 0.1) is 5.92 Å². The highest BCUT2D eigenvalue weighted by Gasteiger charge is 2.27. The average Bonchev–Trinajstić information content (AvgIpc) is 3.17. The van der Waals surface area contributed by atoms with Crippen LogP contribution in [0.2, 0.25) is 5.02 Å². The number of nitrogens with zero attached hydrogens (tertiary/aromatic N) is 2. The topological polar surface area (TPSA) is 51.1 Å². The highest BCUT2D eigenvalue weighted by atomic mass is 35.5. The summed E-state index contributed by atoms with van der Waals surface area (Å²) in [5.74, 6) is 1.18. The van der Waals surface area contributed by atoms with Crippen molar-refractivity contribution in [3.05, 3.63) is 64.7 Å². The van der Waals surface area contributed by atoms with Gasteiger partial charge >= 0.3 is 0 Å². The lowest BCUT2D eigenvalue weighted by Gasteiger charge is -2.26. The third-order valence-electron chi connectivity index (χ3n) is 4.83. The maximum Gasteiger partial charge on any atom is 0.223 e. The van der Waals surface area contributed by atoms with Gasteiger partial charge < -0.3 is 14.5 Å².